The van der Waals surface area contributed by atoms with E-state index in [4.69, 9.17) is 0 Å². The van der Waals surface area contributed by atoms with Crippen LogP contribution in [0.25, 0.3) is 0 Å². The molecule has 0 spiro atoms. The Hall–Kier alpha value is -1.19. The fourth-order valence-corrected chi connectivity index (χ4v) is 4.89. The van der Waals surface area contributed by atoms with Gasteiger partial charge in [0.25, 0.3) is 0 Å². The number of guanidine groups is 1. The van der Waals surface area contributed by atoms with Crippen LogP contribution >= 0.6 is 35.3 Å². The molecular weight excluding hydrogens is 505 g/mol. The lowest BCUT2D eigenvalue weighted by Crippen LogP contribution is -2.44. The van der Waals surface area contributed by atoms with Crippen LogP contribution in [0, 0.1) is 12.8 Å². The summed E-state index contributed by atoms with van der Waals surface area (Å²) in [6.07, 6.45) is 5.00. The lowest BCUT2D eigenvalue weighted by atomic mass is 9.96. The highest BCUT2D eigenvalue weighted by Gasteiger charge is 2.44. The molecule has 0 radical (unpaired) electrons. The van der Waals surface area contributed by atoms with E-state index in [0.717, 1.165) is 38.7 Å². The number of hydrogen-bond donors (Lipinski definition) is 2. The highest BCUT2D eigenvalue weighted by Crippen LogP contribution is 2.47. The fraction of sp³-hybridized carbons (Fsp3) is 0.565. The average Bonchev–Trinajstić information content (AvgIpc) is 3.45. The Balaban J connectivity index is 0.00000256. The first-order chi connectivity index (χ1) is 14.2. The van der Waals surface area contributed by atoms with E-state index in [2.05, 4.69) is 68.1 Å². The first-order valence-corrected chi connectivity index (χ1v) is 11.7. The zero-order valence-corrected chi connectivity index (χ0v) is 21.2. The van der Waals surface area contributed by atoms with Gasteiger partial charge in [0.2, 0.25) is 0 Å². The Bertz CT molecular complexity index is 810. The lowest BCUT2D eigenvalue weighted by Gasteiger charge is -2.32. The molecule has 1 aromatic heterocycles. The Kier molecular flexibility index (Phi) is 8.53. The second-order valence-corrected chi connectivity index (χ2v) is 9.59. The van der Waals surface area contributed by atoms with E-state index in [0.29, 0.717) is 11.3 Å². The predicted molar refractivity (Wildman–Crippen MR) is 137 cm³/mol. The van der Waals surface area contributed by atoms with Gasteiger partial charge in [0.05, 0.1) is 10.7 Å². The highest BCUT2D eigenvalue weighted by atomic mass is 127. The molecule has 0 bridgehead atoms. The first-order valence-electron chi connectivity index (χ1n) is 10.8. The standard InChI is InChI=1S/C23H33N5S.HI/c1-18-27-21(16-29-18)15-28-12-8-19(9-13-28)14-25-22(24-2)26-17-23(10-11-23)20-6-4-3-5-7-20;/h3-7,16,19H,8-15,17H2,1-2H3,(H2,24,25,26);1H. The molecule has 4 rings (SSSR count). The molecule has 0 unspecified atom stereocenters. The fourth-order valence-electron chi connectivity index (χ4n) is 4.28. The van der Waals surface area contributed by atoms with Gasteiger partial charge in [0, 0.05) is 37.5 Å². The molecule has 1 aliphatic heterocycles. The molecule has 2 fully saturated rings. The van der Waals surface area contributed by atoms with Crippen molar-refractivity contribution in [2.45, 2.75) is 44.6 Å². The van der Waals surface area contributed by atoms with E-state index >= 15 is 0 Å². The Morgan fingerprint density at radius 2 is 1.93 bits per heavy atom. The van der Waals surface area contributed by atoms with Crippen LogP contribution in [-0.4, -0.2) is 49.1 Å². The first kappa shape index (κ1) is 23.5. The van der Waals surface area contributed by atoms with Crippen LogP contribution in [0.4, 0.5) is 0 Å². The molecule has 0 atom stereocenters. The third-order valence-electron chi connectivity index (χ3n) is 6.38. The molecular formula is C23H34IN5S. The van der Waals surface area contributed by atoms with Crippen molar-refractivity contribution in [1.82, 2.24) is 20.5 Å². The molecule has 30 heavy (non-hydrogen) atoms. The highest BCUT2D eigenvalue weighted by molar-refractivity contribution is 14.0. The van der Waals surface area contributed by atoms with Crippen LogP contribution in [0.2, 0.25) is 0 Å². The summed E-state index contributed by atoms with van der Waals surface area (Å²) in [5.74, 6) is 1.65. The topological polar surface area (TPSA) is 52.6 Å². The molecule has 2 N–H and O–H groups in total. The normalized spacial score (nSPS) is 19.2. The zero-order valence-electron chi connectivity index (χ0n) is 18.1. The van der Waals surface area contributed by atoms with Gasteiger partial charge < -0.3 is 10.6 Å². The summed E-state index contributed by atoms with van der Waals surface area (Å²) in [4.78, 5) is 11.6. The summed E-state index contributed by atoms with van der Waals surface area (Å²) >= 11 is 1.75. The molecule has 0 amide bonds. The minimum Gasteiger partial charge on any atom is -0.356 e. The van der Waals surface area contributed by atoms with E-state index in [1.165, 1.54) is 41.9 Å². The van der Waals surface area contributed by atoms with Crippen LogP contribution in [0.3, 0.4) is 0 Å². The molecule has 1 saturated heterocycles. The molecule has 7 heteroatoms. The zero-order chi connectivity index (χ0) is 20.1. The molecule has 1 saturated carbocycles. The van der Waals surface area contributed by atoms with Crippen molar-refractivity contribution in [3.8, 4) is 0 Å². The summed E-state index contributed by atoms with van der Waals surface area (Å²) in [5.41, 5.74) is 2.98. The third-order valence-corrected chi connectivity index (χ3v) is 7.20. The van der Waals surface area contributed by atoms with Crippen molar-refractivity contribution < 1.29 is 0 Å². The smallest absolute Gasteiger partial charge is 0.191 e. The molecule has 2 aromatic rings. The summed E-state index contributed by atoms with van der Waals surface area (Å²) < 4.78 is 0. The van der Waals surface area contributed by atoms with Gasteiger partial charge in [-0.2, -0.15) is 0 Å². The van der Waals surface area contributed by atoms with Crippen molar-refractivity contribution in [1.29, 1.82) is 0 Å². The van der Waals surface area contributed by atoms with Crippen LogP contribution in [-0.2, 0) is 12.0 Å². The summed E-state index contributed by atoms with van der Waals surface area (Å²) in [6, 6.07) is 10.9. The number of aromatic nitrogens is 1. The van der Waals surface area contributed by atoms with Gasteiger partial charge in [-0.15, -0.1) is 35.3 Å². The molecule has 2 aliphatic rings. The number of thiazole rings is 1. The largest absolute Gasteiger partial charge is 0.356 e. The number of hydrogen-bond acceptors (Lipinski definition) is 4. The Morgan fingerprint density at radius 3 is 2.53 bits per heavy atom. The summed E-state index contributed by atoms with van der Waals surface area (Å²) in [5, 5.41) is 10.5. The van der Waals surface area contributed by atoms with Crippen LogP contribution in [0.15, 0.2) is 40.7 Å². The third kappa shape index (κ3) is 6.17. The second-order valence-electron chi connectivity index (χ2n) is 8.53. The molecule has 5 nitrogen and oxygen atoms in total. The summed E-state index contributed by atoms with van der Waals surface area (Å²) in [7, 11) is 1.87. The van der Waals surface area contributed by atoms with Crippen LogP contribution in [0.1, 0.15) is 41.9 Å². The number of piperidine rings is 1. The maximum absolute atomic E-state index is 4.60. The maximum atomic E-state index is 4.60. The van der Waals surface area contributed by atoms with Gasteiger partial charge in [-0.3, -0.25) is 9.89 Å². The van der Waals surface area contributed by atoms with Gasteiger partial charge in [-0.05, 0) is 57.2 Å². The van der Waals surface area contributed by atoms with Gasteiger partial charge in [-0.1, -0.05) is 30.3 Å². The van der Waals surface area contributed by atoms with Crippen molar-refractivity contribution >= 4 is 41.3 Å². The monoisotopic (exact) mass is 539 g/mol. The lowest BCUT2D eigenvalue weighted by molar-refractivity contribution is 0.176. The van der Waals surface area contributed by atoms with E-state index in [1.54, 1.807) is 11.3 Å². The number of rotatable bonds is 7. The number of aryl methyl sites for hydroxylation is 1. The number of likely N-dealkylation sites (tertiary alicyclic amines) is 1. The number of nitrogens with one attached hydrogen (secondary N) is 2. The van der Waals surface area contributed by atoms with Gasteiger partial charge in [-0.25, -0.2) is 4.98 Å². The van der Waals surface area contributed by atoms with Crippen molar-refractivity contribution in [2.75, 3.05) is 33.2 Å². The quantitative estimate of drug-likeness (QED) is 0.315. The molecule has 164 valence electrons. The predicted octanol–water partition coefficient (Wildman–Crippen LogP) is 4.18. The average molecular weight is 540 g/mol. The maximum Gasteiger partial charge on any atom is 0.191 e. The van der Waals surface area contributed by atoms with Crippen molar-refractivity contribution in [2.24, 2.45) is 10.9 Å². The number of nitrogens with zero attached hydrogens (tertiary/aromatic N) is 3. The summed E-state index contributed by atoms with van der Waals surface area (Å²) in [6.45, 7) is 7.36. The van der Waals surface area contributed by atoms with Gasteiger partial charge in [0.15, 0.2) is 5.96 Å². The minimum atomic E-state index is 0. The van der Waals surface area contributed by atoms with E-state index in [9.17, 15) is 0 Å². The minimum absolute atomic E-state index is 0. The molecule has 1 aliphatic carbocycles. The van der Waals surface area contributed by atoms with Crippen molar-refractivity contribution in [3.63, 3.8) is 0 Å². The number of benzene rings is 1. The number of aliphatic imine (C=N–C) groups is 1. The van der Waals surface area contributed by atoms with E-state index < -0.39 is 0 Å². The molecule has 1 aromatic carbocycles. The van der Waals surface area contributed by atoms with Crippen molar-refractivity contribution in [3.05, 3.63) is 52.0 Å². The second kappa shape index (κ2) is 10.9. The van der Waals surface area contributed by atoms with E-state index in [1.807, 2.05) is 7.05 Å². The molecule has 2 heterocycles. The van der Waals surface area contributed by atoms with Crippen LogP contribution in [0.5, 0.6) is 0 Å². The Morgan fingerprint density at radius 1 is 1.20 bits per heavy atom. The van der Waals surface area contributed by atoms with E-state index in [-0.39, 0.29) is 24.0 Å². The van der Waals surface area contributed by atoms with Gasteiger partial charge >= 0.3 is 0 Å². The number of halogens is 1. The van der Waals surface area contributed by atoms with Crippen LogP contribution < -0.4 is 10.6 Å². The van der Waals surface area contributed by atoms with Gasteiger partial charge in [0.1, 0.15) is 0 Å². The SMILES string of the molecule is CN=C(NCC1CCN(Cc2csc(C)n2)CC1)NCC1(c2ccccc2)CC1.I. The Labute approximate surface area is 201 Å².